The van der Waals surface area contributed by atoms with E-state index in [4.69, 9.17) is 4.74 Å². The number of aliphatic hydroxyl groups is 1. The molecule has 222 valence electrons. The fraction of sp³-hybridized carbons (Fsp3) is 0.281. The molecule has 3 aromatic carbocycles. The van der Waals surface area contributed by atoms with Crippen molar-refractivity contribution in [3.05, 3.63) is 109 Å². The molecule has 6 rings (SSSR count). The van der Waals surface area contributed by atoms with Gasteiger partial charge in [0.05, 0.1) is 6.54 Å². The van der Waals surface area contributed by atoms with Gasteiger partial charge in [-0.3, -0.25) is 9.91 Å². The minimum atomic E-state index is -1.65. The second kappa shape index (κ2) is 11.8. The van der Waals surface area contributed by atoms with E-state index in [2.05, 4.69) is 55.8 Å². The quantitative estimate of drug-likeness (QED) is 0.315. The van der Waals surface area contributed by atoms with E-state index in [1.165, 1.54) is 29.1 Å². The number of nitrogens with zero attached hydrogens (tertiary/aromatic N) is 8. The Morgan fingerprint density at radius 1 is 0.930 bits per heavy atom. The summed E-state index contributed by atoms with van der Waals surface area (Å²) in [5.41, 5.74) is 2.59. The van der Waals surface area contributed by atoms with Crippen molar-refractivity contribution in [3.8, 4) is 5.75 Å². The highest BCUT2D eigenvalue weighted by atomic mass is 19.1. The minimum Gasteiger partial charge on any atom is -0.490 e. The molecule has 1 saturated heterocycles. The number of hydrogen-bond acceptors (Lipinski definition) is 9. The van der Waals surface area contributed by atoms with Crippen molar-refractivity contribution in [1.29, 1.82) is 0 Å². The number of aromatic nitrogens is 3. The van der Waals surface area contributed by atoms with Gasteiger partial charge in [-0.05, 0) is 67.1 Å². The third-order valence-electron chi connectivity index (χ3n) is 7.96. The highest BCUT2D eigenvalue weighted by molar-refractivity contribution is 5.85. The first-order valence-electron chi connectivity index (χ1n) is 14.2. The number of anilines is 3. The molecule has 1 atom stereocenters. The first-order valence-corrected chi connectivity index (χ1v) is 14.2. The van der Waals surface area contributed by atoms with Crippen LogP contribution in [0.15, 0.2) is 96.9 Å². The van der Waals surface area contributed by atoms with Crippen LogP contribution in [0.1, 0.15) is 11.1 Å². The second-order valence-electron chi connectivity index (χ2n) is 10.9. The number of aryl methyl sites for hydroxylation is 1. The first kappa shape index (κ1) is 28.2. The first-order chi connectivity index (χ1) is 20.8. The summed E-state index contributed by atoms with van der Waals surface area (Å²) in [4.78, 5) is 10.6. The van der Waals surface area contributed by atoms with E-state index in [1.807, 2.05) is 36.2 Å². The highest BCUT2D eigenvalue weighted by Crippen LogP contribution is 2.30. The van der Waals surface area contributed by atoms with E-state index in [0.717, 1.165) is 48.9 Å². The van der Waals surface area contributed by atoms with E-state index in [-0.39, 0.29) is 18.7 Å². The lowest BCUT2D eigenvalue weighted by Crippen LogP contribution is -2.46. The maximum atomic E-state index is 14.9. The number of halogens is 1. The van der Waals surface area contributed by atoms with Gasteiger partial charge in [0, 0.05) is 55.9 Å². The Labute approximate surface area is 250 Å². The molecule has 43 heavy (non-hydrogen) atoms. The number of piperazine rings is 1. The molecule has 0 radical (unpaired) electrons. The van der Waals surface area contributed by atoms with Crippen molar-refractivity contribution >= 4 is 23.4 Å². The van der Waals surface area contributed by atoms with Crippen LogP contribution in [0, 0.1) is 12.7 Å². The Kier molecular flexibility index (Phi) is 7.73. The lowest BCUT2D eigenvalue weighted by Gasteiger charge is -2.37. The zero-order valence-corrected chi connectivity index (χ0v) is 24.3. The Bertz CT molecular complexity index is 1580. The van der Waals surface area contributed by atoms with Gasteiger partial charge < -0.3 is 19.6 Å². The van der Waals surface area contributed by atoms with Crippen LogP contribution in [0.3, 0.4) is 0 Å². The zero-order valence-electron chi connectivity index (χ0n) is 24.3. The predicted octanol–water partition coefficient (Wildman–Crippen LogP) is 4.19. The van der Waals surface area contributed by atoms with Crippen LogP contribution in [0.4, 0.5) is 21.5 Å². The summed E-state index contributed by atoms with van der Waals surface area (Å²) in [7, 11) is 1.88. The summed E-state index contributed by atoms with van der Waals surface area (Å²) in [6.07, 6.45) is 4.64. The normalized spacial score (nSPS) is 16.6. The lowest BCUT2D eigenvalue weighted by atomic mass is 9.93. The fourth-order valence-corrected chi connectivity index (χ4v) is 5.43. The van der Waals surface area contributed by atoms with Crippen LogP contribution in [-0.4, -0.2) is 71.1 Å². The Morgan fingerprint density at radius 3 is 2.12 bits per heavy atom. The van der Waals surface area contributed by atoms with Crippen molar-refractivity contribution in [1.82, 2.24) is 19.8 Å². The largest absolute Gasteiger partial charge is 0.490 e. The van der Waals surface area contributed by atoms with Gasteiger partial charge in [0.2, 0.25) is 0 Å². The molecule has 1 unspecified atom stereocenters. The van der Waals surface area contributed by atoms with Crippen LogP contribution in [0.2, 0.25) is 0 Å². The average molecular weight is 583 g/mol. The molecule has 0 amide bonds. The van der Waals surface area contributed by atoms with Gasteiger partial charge in [-0.15, -0.1) is 0 Å². The van der Waals surface area contributed by atoms with E-state index in [0.29, 0.717) is 5.75 Å². The second-order valence-corrected chi connectivity index (χ2v) is 10.9. The standard InChI is InChI=1S/C32H35FN8O2/c1-24-4-13-30(31(33)18-24)32(42,19-40-22-34-21-35-40)20-43-29-11-9-27(10-12-29)39-16-14-38(15-17-39)26-5-7-28(8-6-26)41-23-36-37(3)25(41)2/h4-13,18,21-23,42H,2,14-17,19-20H2,1,3H3. The van der Waals surface area contributed by atoms with Gasteiger partial charge in [-0.1, -0.05) is 18.7 Å². The summed E-state index contributed by atoms with van der Waals surface area (Å²) in [5.74, 6) is 0.917. The number of hydrogen-bond donors (Lipinski definition) is 1. The van der Waals surface area contributed by atoms with E-state index >= 15 is 0 Å². The Morgan fingerprint density at radius 2 is 1.56 bits per heavy atom. The van der Waals surface area contributed by atoms with Gasteiger partial charge in [0.1, 0.15) is 48.6 Å². The van der Waals surface area contributed by atoms with E-state index in [1.54, 1.807) is 30.4 Å². The molecule has 3 heterocycles. The fourth-order valence-electron chi connectivity index (χ4n) is 5.43. The van der Waals surface area contributed by atoms with Crippen LogP contribution < -0.4 is 19.4 Å². The topological polar surface area (TPSA) is 85.5 Å². The van der Waals surface area contributed by atoms with Crippen LogP contribution in [0.25, 0.3) is 0 Å². The molecule has 4 aromatic rings. The molecule has 2 aliphatic heterocycles. The monoisotopic (exact) mass is 582 g/mol. The van der Waals surface area contributed by atoms with E-state index < -0.39 is 11.4 Å². The molecule has 0 saturated carbocycles. The molecule has 1 fully saturated rings. The SMILES string of the molecule is C=C1N(C)N=CN1c1ccc(N2CCN(c3ccc(OCC(O)(Cn4cncn4)c4ccc(C)cc4F)cc3)CC2)cc1. The molecule has 11 heteroatoms. The molecule has 2 aliphatic rings. The number of hydrazone groups is 1. The van der Waals surface area contributed by atoms with Crippen LogP contribution in [0.5, 0.6) is 5.75 Å². The molecule has 1 aromatic heterocycles. The Balaban J connectivity index is 1.06. The maximum absolute atomic E-state index is 14.9. The molecular formula is C32H35FN8O2. The van der Waals surface area contributed by atoms with Gasteiger partial charge >= 0.3 is 0 Å². The van der Waals surface area contributed by atoms with Gasteiger partial charge in [-0.2, -0.15) is 10.2 Å². The third-order valence-corrected chi connectivity index (χ3v) is 7.96. The zero-order chi connectivity index (χ0) is 30.0. The average Bonchev–Trinajstić information content (AvgIpc) is 3.65. The summed E-state index contributed by atoms with van der Waals surface area (Å²) in [5, 5.41) is 21.7. The van der Waals surface area contributed by atoms with Gasteiger partial charge in [0.15, 0.2) is 0 Å². The maximum Gasteiger partial charge on any atom is 0.146 e. The highest BCUT2D eigenvalue weighted by Gasteiger charge is 2.34. The smallest absolute Gasteiger partial charge is 0.146 e. The Hall–Kier alpha value is -4.90. The summed E-state index contributed by atoms with van der Waals surface area (Å²) >= 11 is 0. The number of benzene rings is 3. The molecule has 10 nitrogen and oxygen atoms in total. The third kappa shape index (κ3) is 6.02. The number of ether oxygens (including phenoxy) is 1. The molecular weight excluding hydrogens is 547 g/mol. The van der Waals surface area contributed by atoms with Crippen LogP contribution in [-0.2, 0) is 12.1 Å². The predicted molar refractivity (Wildman–Crippen MR) is 166 cm³/mol. The summed E-state index contributed by atoms with van der Waals surface area (Å²) in [6.45, 7) is 9.28. The van der Waals surface area contributed by atoms with Crippen molar-refractivity contribution in [3.63, 3.8) is 0 Å². The summed E-state index contributed by atoms with van der Waals surface area (Å²) < 4.78 is 22.4. The van der Waals surface area contributed by atoms with Crippen molar-refractivity contribution < 1.29 is 14.2 Å². The van der Waals surface area contributed by atoms with Crippen molar-refractivity contribution in [2.75, 3.05) is 54.5 Å². The minimum absolute atomic E-state index is 0.00276. The summed E-state index contributed by atoms with van der Waals surface area (Å²) in [6, 6.07) is 21.1. The van der Waals surface area contributed by atoms with Gasteiger partial charge in [0.25, 0.3) is 0 Å². The lowest BCUT2D eigenvalue weighted by molar-refractivity contribution is -0.0297. The molecule has 0 spiro atoms. The van der Waals surface area contributed by atoms with Crippen molar-refractivity contribution in [2.24, 2.45) is 5.10 Å². The molecule has 0 bridgehead atoms. The number of rotatable bonds is 9. The van der Waals surface area contributed by atoms with E-state index in [9.17, 15) is 9.50 Å². The van der Waals surface area contributed by atoms with Crippen molar-refractivity contribution in [2.45, 2.75) is 19.1 Å². The molecule has 1 N–H and O–H groups in total. The van der Waals surface area contributed by atoms with Crippen LogP contribution >= 0.6 is 0 Å². The van der Waals surface area contributed by atoms with Gasteiger partial charge in [-0.25, -0.2) is 14.1 Å². The molecule has 0 aliphatic carbocycles.